The molecule has 1 heterocycles. The second kappa shape index (κ2) is 14.2. The first-order valence-corrected chi connectivity index (χ1v) is 12.2. The van der Waals surface area contributed by atoms with Crippen molar-refractivity contribution in [3.63, 3.8) is 0 Å². The van der Waals surface area contributed by atoms with Gasteiger partial charge in [-0.2, -0.15) is 0 Å². The van der Waals surface area contributed by atoms with Crippen LogP contribution in [0.5, 0.6) is 0 Å². The number of alkyl carbamates (subject to hydrolysis) is 1. The molecule has 4 amide bonds. The summed E-state index contributed by atoms with van der Waals surface area (Å²) in [4.78, 5) is 50.3. The summed E-state index contributed by atoms with van der Waals surface area (Å²) in [6.45, 7) is 9.39. The average molecular weight is 503 g/mol. The second-order valence-corrected chi connectivity index (χ2v) is 9.55. The van der Waals surface area contributed by atoms with E-state index in [9.17, 15) is 24.3 Å². The van der Waals surface area contributed by atoms with E-state index >= 15 is 0 Å². The lowest BCUT2D eigenvalue weighted by molar-refractivity contribution is -0.131. The molecule has 0 radical (unpaired) electrons. The number of benzene rings is 1. The van der Waals surface area contributed by atoms with Gasteiger partial charge in [-0.05, 0) is 37.7 Å². The molecule has 198 valence electrons. The van der Waals surface area contributed by atoms with Crippen LogP contribution in [0.25, 0.3) is 0 Å². The van der Waals surface area contributed by atoms with Crippen LogP contribution in [-0.2, 0) is 25.7 Å². The van der Waals surface area contributed by atoms with Gasteiger partial charge in [0.05, 0.1) is 12.6 Å². The van der Waals surface area contributed by atoms with E-state index in [0.29, 0.717) is 25.0 Å². The van der Waals surface area contributed by atoms with Gasteiger partial charge < -0.3 is 31.1 Å². The summed E-state index contributed by atoms with van der Waals surface area (Å²) in [5.74, 6) is -1.71. The summed E-state index contributed by atoms with van der Waals surface area (Å²) >= 11 is 0. The van der Waals surface area contributed by atoms with Gasteiger partial charge in [-0.1, -0.05) is 49.8 Å². The number of ether oxygens (including phenoxy) is 1. The van der Waals surface area contributed by atoms with Crippen LogP contribution < -0.4 is 21.3 Å². The van der Waals surface area contributed by atoms with Crippen molar-refractivity contribution in [2.24, 2.45) is 11.8 Å². The van der Waals surface area contributed by atoms with E-state index in [1.54, 1.807) is 20.8 Å². The molecule has 1 aromatic carbocycles. The zero-order valence-electron chi connectivity index (χ0n) is 21.2. The van der Waals surface area contributed by atoms with Crippen molar-refractivity contribution in [2.45, 2.75) is 64.8 Å². The Morgan fingerprint density at radius 3 is 2.39 bits per heavy atom. The molecule has 1 aliphatic rings. The Bertz CT molecular complexity index is 920. The fraction of sp³-hybridized carbons (Fsp3) is 0.538. The lowest BCUT2D eigenvalue weighted by Crippen LogP contribution is -2.56. The van der Waals surface area contributed by atoms with Crippen LogP contribution in [0.1, 0.15) is 45.6 Å². The van der Waals surface area contributed by atoms with Crippen LogP contribution in [-0.4, -0.2) is 60.2 Å². The maximum absolute atomic E-state index is 13.1. The third-order valence-corrected chi connectivity index (χ3v) is 5.92. The molecule has 1 aliphatic heterocycles. The van der Waals surface area contributed by atoms with Gasteiger partial charge in [0.2, 0.25) is 17.7 Å². The number of amides is 4. The zero-order valence-corrected chi connectivity index (χ0v) is 21.2. The van der Waals surface area contributed by atoms with Gasteiger partial charge in [-0.25, -0.2) is 4.79 Å². The number of rotatable bonds is 13. The van der Waals surface area contributed by atoms with Crippen LogP contribution in [0, 0.1) is 11.8 Å². The minimum Gasteiger partial charge on any atom is -0.445 e. The number of carbonyl (C=O) groups excluding carboxylic acids is 4. The molecule has 2 rings (SSSR count). The predicted molar refractivity (Wildman–Crippen MR) is 135 cm³/mol. The third-order valence-electron chi connectivity index (χ3n) is 5.92. The standard InChI is InChI=1S/C26H38N4O6/c1-16(2)12-21(24(33)28-20(14-31)13-19-10-11-27-23(19)32)29-25(34)22(17(3)4)30-26(35)36-15-18-8-6-5-7-9-18/h5-9,17,19-22,31H,1,10-15H2,2-4H3,(H,27,32)(H,28,33)(H,29,34)(H,30,35)/t19-,20-,21-,22-/m0/s1. The largest absolute Gasteiger partial charge is 0.445 e. The topological polar surface area (TPSA) is 146 Å². The van der Waals surface area contributed by atoms with Crippen molar-refractivity contribution >= 4 is 23.8 Å². The normalized spacial score (nSPS) is 17.5. The summed E-state index contributed by atoms with van der Waals surface area (Å²) in [5.41, 5.74) is 1.48. The molecule has 1 fully saturated rings. The van der Waals surface area contributed by atoms with E-state index in [4.69, 9.17) is 4.74 Å². The molecule has 10 nitrogen and oxygen atoms in total. The average Bonchev–Trinajstić information content (AvgIpc) is 3.24. The first kappa shape index (κ1) is 28.8. The minimum absolute atomic E-state index is 0.0569. The molecule has 0 spiro atoms. The third kappa shape index (κ3) is 9.33. The SMILES string of the molecule is C=C(C)C[C@H](NC(=O)[C@@H](NC(=O)OCc1ccccc1)C(C)C)C(=O)N[C@H](CO)C[C@@H]1CCNC1=O. The summed E-state index contributed by atoms with van der Waals surface area (Å²) in [7, 11) is 0. The Morgan fingerprint density at radius 2 is 1.83 bits per heavy atom. The molecule has 4 atom stereocenters. The molecule has 36 heavy (non-hydrogen) atoms. The van der Waals surface area contributed by atoms with Gasteiger partial charge in [-0.3, -0.25) is 14.4 Å². The van der Waals surface area contributed by atoms with Crippen molar-refractivity contribution < 1.29 is 29.0 Å². The number of aliphatic hydroxyl groups is 1. The highest BCUT2D eigenvalue weighted by molar-refractivity contribution is 5.91. The molecule has 0 saturated carbocycles. The van der Waals surface area contributed by atoms with Crippen molar-refractivity contribution in [1.82, 2.24) is 21.3 Å². The molecule has 10 heteroatoms. The highest BCUT2D eigenvalue weighted by Gasteiger charge is 2.32. The maximum atomic E-state index is 13.1. The van der Waals surface area contributed by atoms with Crippen molar-refractivity contribution in [1.29, 1.82) is 0 Å². The van der Waals surface area contributed by atoms with Crippen LogP contribution in [0.3, 0.4) is 0 Å². The Labute approximate surface area is 212 Å². The molecule has 0 aromatic heterocycles. The van der Waals surface area contributed by atoms with E-state index in [2.05, 4.69) is 27.8 Å². The Morgan fingerprint density at radius 1 is 1.14 bits per heavy atom. The highest BCUT2D eigenvalue weighted by Crippen LogP contribution is 2.16. The van der Waals surface area contributed by atoms with E-state index in [0.717, 1.165) is 5.56 Å². The first-order valence-electron chi connectivity index (χ1n) is 12.2. The molecule has 1 aromatic rings. The Kier molecular flexibility index (Phi) is 11.4. The maximum Gasteiger partial charge on any atom is 0.408 e. The molecule has 0 unspecified atom stereocenters. The van der Waals surface area contributed by atoms with Gasteiger partial charge in [0.1, 0.15) is 18.7 Å². The number of hydrogen-bond acceptors (Lipinski definition) is 6. The quantitative estimate of drug-likeness (QED) is 0.258. The van der Waals surface area contributed by atoms with Crippen LogP contribution in [0.2, 0.25) is 0 Å². The van der Waals surface area contributed by atoms with Gasteiger partial charge in [0.15, 0.2) is 0 Å². The van der Waals surface area contributed by atoms with Crippen molar-refractivity contribution in [3.8, 4) is 0 Å². The summed E-state index contributed by atoms with van der Waals surface area (Å²) in [5, 5.41) is 20.5. The Balaban J connectivity index is 1.99. The van der Waals surface area contributed by atoms with E-state index < -0.39 is 36.0 Å². The zero-order chi connectivity index (χ0) is 26.7. The van der Waals surface area contributed by atoms with Crippen LogP contribution in [0.4, 0.5) is 4.79 Å². The molecule has 0 aliphatic carbocycles. The molecular weight excluding hydrogens is 464 g/mol. The van der Waals surface area contributed by atoms with E-state index in [-0.39, 0.29) is 37.4 Å². The Hall–Kier alpha value is -3.40. The lowest BCUT2D eigenvalue weighted by Gasteiger charge is -2.27. The van der Waals surface area contributed by atoms with Gasteiger partial charge >= 0.3 is 6.09 Å². The molecule has 0 bridgehead atoms. The second-order valence-electron chi connectivity index (χ2n) is 9.55. The summed E-state index contributed by atoms with van der Waals surface area (Å²) in [6.07, 6.45) is 0.358. The molecular formula is C26H38N4O6. The number of carbonyl (C=O) groups is 4. The van der Waals surface area contributed by atoms with Crippen molar-refractivity contribution in [3.05, 3.63) is 48.0 Å². The van der Waals surface area contributed by atoms with Gasteiger partial charge in [-0.15, -0.1) is 6.58 Å². The smallest absolute Gasteiger partial charge is 0.408 e. The van der Waals surface area contributed by atoms with E-state index in [1.807, 2.05) is 30.3 Å². The monoisotopic (exact) mass is 502 g/mol. The fourth-order valence-electron chi connectivity index (χ4n) is 3.94. The number of nitrogens with one attached hydrogen (secondary N) is 4. The van der Waals surface area contributed by atoms with Gasteiger partial charge in [0, 0.05) is 12.5 Å². The first-order chi connectivity index (χ1) is 17.1. The molecule has 1 saturated heterocycles. The number of hydrogen-bond donors (Lipinski definition) is 5. The van der Waals surface area contributed by atoms with Gasteiger partial charge in [0.25, 0.3) is 0 Å². The number of aliphatic hydroxyl groups excluding tert-OH is 1. The van der Waals surface area contributed by atoms with Crippen LogP contribution >= 0.6 is 0 Å². The van der Waals surface area contributed by atoms with Crippen molar-refractivity contribution in [2.75, 3.05) is 13.2 Å². The van der Waals surface area contributed by atoms with E-state index in [1.165, 1.54) is 0 Å². The summed E-state index contributed by atoms with van der Waals surface area (Å²) in [6, 6.07) is 6.61. The van der Waals surface area contributed by atoms with Crippen LogP contribution in [0.15, 0.2) is 42.5 Å². The summed E-state index contributed by atoms with van der Waals surface area (Å²) < 4.78 is 5.23. The fourth-order valence-corrected chi connectivity index (χ4v) is 3.94. The predicted octanol–water partition coefficient (Wildman–Crippen LogP) is 1.39. The minimum atomic E-state index is -0.968. The molecule has 5 N–H and O–H groups in total. The highest BCUT2D eigenvalue weighted by atomic mass is 16.5. The lowest BCUT2D eigenvalue weighted by atomic mass is 9.98.